The summed E-state index contributed by atoms with van der Waals surface area (Å²) in [5, 5.41) is 3.35. The number of hydrogen-bond acceptors (Lipinski definition) is 3. The molecule has 1 N–H and O–H groups in total. The summed E-state index contributed by atoms with van der Waals surface area (Å²) >= 11 is 0. The number of carbonyl (C=O) groups excluding carboxylic acids is 1. The molecule has 1 aliphatic heterocycles. The minimum atomic E-state index is -0.0168. The first kappa shape index (κ1) is 9.97. The molecule has 80 valence electrons. The molecule has 1 saturated heterocycles. The van der Waals surface area contributed by atoms with Crippen LogP contribution in [-0.2, 0) is 9.53 Å². The van der Waals surface area contributed by atoms with Gasteiger partial charge < -0.3 is 10.1 Å². The summed E-state index contributed by atoms with van der Waals surface area (Å²) in [6, 6.07) is 0. The highest BCUT2D eigenvalue weighted by Gasteiger charge is 2.47. The summed E-state index contributed by atoms with van der Waals surface area (Å²) in [6.45, 7) is 1.82. The molecule has 1 atom stereocenters. The van der Waals surface area contributed by atoms with Crippen LogP contribution in [0.4, 0.5) is 0 Å². The van der Waals surface area contributed by atoms with Crippen molar-refractivity contribution in [2.24, 2.45) is 11.3 Å². The second-order valence-electron chi connectivity index (χ2n) is 4.63. The average molecular weight is 197 g/mol. The van der Waals surface area contributed by atoms with Crippen molar-refractivity contribution in [3.05, 3.63) is 0 Å². The predicted octanol–water partition coefficient (Wildman–Crippen LogP) is 1.33. The van der Waals surface area contributed by atoms with Crippen LogP contribution < -0.4 is 5.32 Å². The molecule has 0 amide bonds. The molecule has 2 rings (SSSR count). The van der Waals surface area contributed by atoms with Crippen molar-refractivity contribution in [3.8, 4) is 0 Å². The smallest absolute Gasteiger partial charge is 0.310 e. The first-order chi connectivity index (χ1) is 6.78. The molecule has 2 fully saturated rings. The second-order valence-corrected chi connectivity index (χ2v) is 4.63. The summed E-state index contributed by atoms with van der Waals surface area (Å²) in [7, 11) is 1.50. The van der Waals surface area contributed by atoms with E-state index < -0.39 is 0 Å². The minimum absolute atomic E-state index is 0.0168. The summed E-state index contributed by atoms with van der Waals surface area (Å²) in [5.41, 5.74) is 0.228. The lowest BCUT2D eigenvalue weighted by molar-refractivity contribution is -0.149. The fourth-order valence-corrected chi connectivity index (χ4v) is 3.06. The van der Waals surface area contributed by atoms with E-state index in [1.165, 1.54) is 39.2 Å². The van der Waals surface area contributed by atoms with E-state index in [9.17, 15) is 4.79 Å². The van der Waals surface area contributed by atoms with Gasteiger partial charge in [-0.25, -0.2) is 0 Å². The van der Waals surface area contributed by atoms with Crippen molar-refractivity contribution < 1.29 is 9.53 Å². The van der Waals surface area contributed by atoms with Crippen LogP contribution in [0.3, 0.4) is 0 Å². The van der Waals surface area contributed by atoms with Crippen LogP contribution in [-0.4, -0.2) is 26.2 Å². The van der Waals surface area contributed by atoms with Crippen molar-refractivity contribution >= 4 is 5.97 Å². The second kappa shape index (κ2) is 3.89. The van der Waals surface area contributed by atoms with Crippen molar-refractivity contribution in [2.45, 2.75) is 32.1 Å². The van der Waals surface area contributed by atoms with Crippen molar-refractivity contribution in [1.29, 1.82) is 0 Å². The van der Waals surface area contributed by atoms with Crippen molar-refractivity contribution in [3.63, 3.8) is 0 Å². The molecule has 3 heteroatoms. The monoisotopic (exact) mass is 197 g/mol. The number of hydrogen-bond donors (Lipinski definition) is 1. The molecule has 0 bridgehead atoms. The van der Waals surface area contributed by atoms with Gasteiger partial charge in [0.05, 0.1) is 13.0 Å². The van der Waals surface area contributed by atoms with Gasteiger partial charge in [-0.2, -0.15) is 0 Å². The minimum Gasteiger partial charge on any atom is -0.469 e. The zero-order valence-corrected chi connectivity index (χ0v) is 8.84. The van der Waals surface area contributed by atoms with Gasteiger partial charge in [-0.15, -0.1) is 0 Å². The highest BCUT2D eigenvalue weighted by atomic mass is 16.5. The number of nitrogens with one attached hydrogen (secondary N) is 1. The lowest BCUT2D eigenvalue weighted by Crippen LogP contribution is -2.37. The Bertz CT molecular complexity index is 221. The van der Waals surface area contributed by atoms with Gasteiger partial charge in [0.1, 0.15) is 0 Å². The van der Waals surface area contributed by atoms with E-state index in [2.05, 4.69) is 5.32 Å². The van der Waals surface area contributed by atoms with E-state index in [0.29, 0.717) is 0 Å². The van der Waals surface area contributed by atoms with Crippen LogP contribution in [0.2, 0.25) is 0 Å². The van der Waals surface area contributed by atoms with E-state index in [1.54, 1.807) is 0 Å². The molecule has 2 aliphatic rings. The molecular formula is C11H19NO2. The summed E-state index contributed by atoms with van der Waals surface area (Å²) in [6.07, 6.45) is 6.26. The summed E-state index contributed by atoms with van der Waals surface area (Å²) in [4.78, 5) is 11.6. The normalized spacial score (nSPS) is 30.5. The van der Waals surface area contributed by atoms with E-state index in [4.69, 9.17) is 4.74 Å². The van der Waals surface area contributed by atoms with Crippen LogP contribution in [0.25, 0.3) is 0 Å². The van der Waals surface area contributed by atoms with E-state index in [1.807, 2.05) is 0 Å². The van der Waals surface area contributed by atoms with Crippen LogP contribution in [0.5, 0.6) is 0 Å². The van der Waals surface area contributed by atoms with Gasteiger partial charge in [0.25, 0.3) is 0 Å². The quantitative estimate of drug-likeness (QED) is 0.644. The van der Waals surface area contributed by atoms with Gasteiger partial charge in [-0.1, -0.05) is 19.3 Å². The predicted molar refractivity (Wildman–Crippen MR) is 53.9 cm³/mol. The molecule has 1 saturated carbocycles. The Morgan fingerprint density at radius 3 is 2.71 bits per heavy atom. The molecule has 0 aromatic carbocycles. The molecular weight excluding hydrogens is 178 g/mol. The van der Waals surface area contributed by atoms with E-state index in [0.717, 1.165) is 13.1 Å². The zero-order chi connectivity index (χ0) is 10.0. The summed E-state index contributed by atoms with van der Waals surface area (Å²) < 4.78 is 4.88. The summed E-state index contributed by atoms with van der Waals surface area (Å²) in [5.74, 6) is 0.0877. The van der Waals surface area contributed by atoms with E-state index in [-0.39, 0.29) is 17.3 Å². The molecule has 0 unspecified atom stereocenters. The van der Waals surface area contributed by atoms with Gasteiger partial charge in [0.15, 0.2) is 0 Å². The Morgan fingerprint density at radius 1 is 1.36 bits per heavy atom. The molecule has 0 aromatic rings. The zero-order valence-electron chi connectivity index (χ0n) is 8.84. The first-order valence-electron chi connectivity index (χ1n) is 5.57. The van der Waals surface area contributed by atoms with Crippen molar-refractivity contribution in [2.75, 3.05) is 20.2 Å². The highest BCUT2D eigenvalue weighted by Crippen LogP contribution is 2.45. The maximum Gasteiger partial charge on any atom is 0.310 e. The lowest BCUT2D eigenvalue weighted by atomic mass is 9.68. The van der Waals surface area contributed by atoms with Crippen LogP contribution >= 0.6 is 0 Å². The fraction of sp³-hybridized carbons (Fsp3) is 0.909. The standard InChI is InChI=1S/C11H19NO2/c1-14-10(13)9-7-12-8-11(9)5-3-2-4-6-11/h9,12H,2-8H2,1H3/t9-/m0/s1. The largest absolute Gasteiger partial charge is 0.469 e. The van der Waals surface area contributed by atoms with E-state index >= 15 is 0 Å². The van der Waals surface area contributed by atoms with Gasteiger partial charge in [0, 0.05) is 13.1 Å². The van der Waals surface area contributed by atoms with Gasteiger partial charge in [0.2, 0.25) is 0 Å². The third kappa shape index (κ3) is 1.54. The van der Waals surface area contributed by atoms with Gasteiger partial charge in [-0.05, 0) is 18.3 Å². The molecule has 0 radical (unpaired) electrons. The maximum atomic E-state index is 11.6. The Balaban J connectivity index is 2.11. The Morgan fingerprint density at radius 2 is 2.07 bits per heavy atom. The van der Waals surface area contributed by atoms with Crippen molar-refractivity contribution in [1.82, 2.24) is 5.32 Å². The molecule has 1 aliphatic carbocycles. The first-order valence-corrected chi connectivity index (χ1v) is 5.57. The lowest BCUT2D eigenvalue weighted by Gasteiger charge is -2.36. The third-order valence-electron chi connectivity index (χ3n) is 3.90. The van der Waals surface area contributed by atoms with Crippen LogP contribution in [0.15, 0.2) is 0 Å². The number of rotatable bonds is 1. The Hall–Kier alpha value is -0.570. The highest BCUT2D eigenvalue weighted by molar-refractivity contribution is 5.74. The van der Waals surface area contributed by atoms with Gasteiger partial charge >= 0.3 is 5.97 Å². The third-order valence-corrected chi connectivity index (χ3v) is 3.90. The molecule has 1 heterocycles. The molecule has 1 spiro atoms. The SMILES string of the molecule is COC(=O)[C@@H]1CNCC12CCCCC2. The van der Waals surface area contributed by atoms with Crippen LogP contribution in [0, 0.1) is 11.3 Å². The topological polar surface area (TPSA) is 38.3 Å². The molecule has 3 nitrogen and oxygen atoms in total. The number of ether oxygens (including phenoxy) is 1. The number of esters is 1. The Kier molecular flexibility index (Phi) is 2.77. The van der Waals surface area contributed by atoms with Crippen LogP contribution in [0.1, 0.15) is 32.1 Å². The van der Waals surface area contributed by atoms with Gasteiger partial charge in [-0.3, -0.25) is 4.79 Å². The number of methoxy groups -OCH3 is 1. The Labute approximate surface area is 85.2 Å². The average Bonchev–Trinajstić information content (AvgIpc) is 2.62. The molecule has 14 heavy (non-hydrogen) atoms. The molecule has 0 aromatic heterocycles. The maximum absolute atomic E-state index is 11.6. The fourth-order valence-electron chi connectivity index (χ4n) is 3.06. The number of carbonyl (C=O) groups is 1.